The minimum absolute atomic E-state index is 0.246. The quantitative estimate of drug-likeness (QED) is 0.718. The van der Waals surface area contributed by atoms with Gasteiger partial charge in [-0.05, 0) is 43.6 Å². The average Bonchev–Trinajstić information content (AvgIpc) is 2.46. The summed E-state index contributed by atoms with van der Waals surface area (Å²) in [5.74, 6) is 0.898. The number of ether oxygens (including phenoxy) is 1. The van der Waals surface area contributed by atoms with Gasteiger partial charge in [0, 0.05) is 18.6 Å². The van der Waals surface area contributed by atoms with E-state index in [9.17, 15) is 4.79 Å². The Morgan fingerprint density at radius 3 is 2.60 bits per heavy atom. The van der Waals surface area contributed by atoms with E-state index in [0.717, 1.165) is 31.4 Å². The fraction of sp³-hybridized carbons (Fsp3) is 0.611. The van der Waals surface area contributed by atoms with Gasteiger partial charge >= 0.3 is 0 Å². The van der Waals surface area contributed by atoms with Crippen molar-refractivity contribution < 1.29 is 9.53 Å². The Labute approximate surface area is 122 Å². The van der Waals surface area contributed by atoms with Gasteiger partial charge in [-0.2, -0.15) is 0 Å². The summed E-state index contributed by atoms with van der Waals surface area (Å²) in [6.45, 7) is 5.29. The van der Waals surface area contributed by atoms with Gasteiger partial charge in [-0.3, -0.25) is 4.79 Å². The van der Waals surface area contributed by atoms with Gasteiger partial charge in [0.2, 0.25) is 0 Å². The molecule has 0 saturated carbocycles. The van der Waals surface area contributed by atoms with Crippen LogP contribution in [0.1, 0.15) is 61.9 Å². The summed E-state index contributed by atoms with van der Waals surface area (Å²) in [6.07, 6.45) is 6.36. The van der Waals surface area contributed by atoms with E-state index >= 15 is 0 Å². The molecule has 1 aliphatic heterocycles. The van der Waals surface area contributed by atoms with Crippen molar-refractivity contribution in [2.45, 2.75) is 58.5 Å². The lowest BCUT2D eigenvalue weighted by molar-refractivity contribution is 0.0104. The molecule has 0 N–H and O–H groups in total. The Balaban J connectivity index is 1.82. The lowest BCUT2D eigenvalue weighted by atomic mass is 9.98. The minimum Gasteiger partial charge on any atom is -0.378 e. The van der Waals surface area contributed by atoms with E-state index in [1.807, 2.05) is 12.1 Å². The van der Waals surface area contributed by atoms with Crippen molar-refractivity contribution in [1.29, 1.82) is 0 Å². The van der Waals surface area contributed by atoms with Gasteiger partial charge in [0.1, 0.15) is 0 Å². The van der Waals surface area contributed by atoms with E-state index in [0.29, 0.717) is 18.4 Å². The van der Waals surface area contributed by atoms with E-state index in [-0.39, 0.29) is 5.78 Å². The van der Waals surface area contributed by atoms with Gasteiger partial charge in [-0.25, -0.2) is 0 Å². The molecule has 110 valence electrons. The fourth-order valence-corrected chi connectivity index (χ4v) is 2.77. The van der Waals surface area contributed by atoms with Gasteiger partial charge in [0.15, 0.2) is 5.78 Å². The topological polar surface area (TPSA) is 26.3 Å². The molecule has 2 nitrogen and oxygen atoms in total. The van der Waals surface area contributed by atoms with Crippen LogP contribution in [-0.2, 0) is 11.2 Å². The SMILES string of the molecule is CC(C)Cc1ccc(C(=O)CCC2CCCCO2)cc1. The van der Waals surface area contributed by atoms with Crippen LogP contribution >= 0.6 is 0 Å². The third kappa shape index (κ3) is 4.75. The first-order chi connectivity index (χ1) is 9.65. The van der Waals surface area contributed by atoms with Crippen molar-refractivity contribution in [3.8, 4) is 0 Å². The minimum atomic E-state index is 0.246. The second kappa shape index (κ2) is 7.58. The van der Waals surface area contributed by atoms with E-state index in [1.165, 1.54) is 18.4 Å². The molecule has 0 radical (unpaired) electrons. The van der Waals surface area contributed by atoms with Gasteiger partial charge in [-0.1, -0.05) is 38.1 Å². The molecule has 2 rings (SSSR count). The van der Waals surface area contributed by atoms with Crippen molar-refractivity contribution in [2.24, 2.45) is 5.92 Å². The predicted octanol–water partition coefficient (Wildman–Crippen LogP) is 4.42. The predicted molar refractivity (Wildman–Crippen MR) is 82.1 cm³/mol. The summed E-state index contributed by atoms with van der Waals surface area (Å²) >= 11 is 0. The molecule has 2 heteroatoms. The zero-order chi connectivity index (χ0) is 14.4. The van der Waals surface area contributed by atoms with Crippen molar-refractivity contribution in [1.82, 2.24) is 0 Å². The molecule has 0 aliphatic carbocycles. The molecule has 1 aromatic rings. The summed E-state index contributed by atoms with van der Waals surface area (Å²) in [4.78, 5) is 12.2. The van der Waals surface area contributed by atoms with Gasteiger partial charge in [0.05, 0.1) is 6.10 Å². The number of carbonyl (C=O) groups excluding carboxylic acids is 1. The Kier molecular flexibility index (Phi) is 5.78. The maximum absolute atomic E-state index is 12.2. The summed E-state index contributed by atoms with van der Waals surface area (Å²) in [7, 11) is 0. The molecule has 1 saturated heterocycles. The zero-order valence-corrected chi connectivity index (χ0v) is 12.7. The fourth-order valence-electron chi connectivity index (χ4n) is 2.77. The normalized spacial score (nSPS) is 19.2. The zero-order valence-electron chi connectivity index (χ0n) is 12.7. The number of benzene rings is 1. The van der Waals surface area contributed by atoms with E-state index < -0.39 is 0 Å². The molecule has 0 spiro atoms. The van der Waals surface area contributed by atoms with Gasteiger partial charge in [-0.15, -0.1) is 0 Å². The van der Waals surface area contributed by atoms with Crippen molar-refractivity contribution >= 4 is 5.78 Å². The van der Waals surface area contributed by atoms with Crippen LogP contribution in [0.3, 0.4) is 0 Å². The first-order valence-electron chi connectivity index (χ1n) is 7.89. The Hall–Kier alpha value is -1.15. The van der Waals surface area contributed by atoms with Crippen molar-refractivity contribution in [2.75, 3.05) is 6.61 Å². The van der Waals surface area contributed by atoms with Crippen LogP contribution in [0.15, 0.2) is 24.3 Å². The summed E-state index contributed by atoms with van der Waals surface area (Å²) in [6, 6.07) is 8.12. The largest absolute Gasteiger partial charge is 0.378 e. The maximum atomic E-state index is 12.2. The standard InChI is InChI=1S/C18H26O2/c1-14(2)13-15-6-8-16(9-7-15)18(19)11-10-17-5-3-4-12-20-17/h6-9,14,17H,3-5,10-13H2,1-2H3. The van der Waals surface area contributed by atoms with Crippen LogP contribution in [0.5, 0.6) is 0 Å². The molecular weight excluding hydrogens is 248 g/mol. The monoisotopic (exact) mass is 274 g/mol. The van der Waals surface area contributed by atoms with Crippen LogP contribution in [0.2, 0.25) is 0 Å². The van der Waals surface area contributed by atoms with Crippen molar-refractivity contribution in [3.63, 3.8) is 0 Å². The lowest BCUT2D eigenvalue weighted by Crippen LogP contribution is -2.20. The molecule has 1 fully saturated rings. The maximum Gasteiger partial charge on any atom is 0.162 e. The van der Waals surface area contributed by atoms with Gasteiger partial charge < -0.3 is 4.74 Å². The second-order valence-corrected chi connectivity index (χ2v) is 6.25. The van der Waals surface area contributed by atoms with Crippen molar-refractivity contribution in [3.05, 3.63) is 35.4 Å². The van der Waals surface area contributed by atoms with Crippen LogP contribution in [-0.4, -0.2) is 18.5 Å². The van der Waals surface area contributed by atoms with Gasteiger partial charge in [0.25, 0.3) is 0 Å². The number of hydrogen-bond acceptors (Lipinski definition) is 2. The number of ketones is 1. The summed E-state index contributed by atoms with van der Waals surface area (Å²) < 4.78 is 5.67. The van der Waals surface area contributed by atoms with Crippen LogP contribution in [0.4, 0.5) is 0 Å². The molecule has 0 aromatic heterocycles. The highest BCUT2D eigenvalue weighted by molar-refractivity contribution is 5.96. The molecule has 1 unspecified atom stereocenters. The lowest BCUT2D eigenvalue weighted by Gasteiger charge is -2.22. The van der Waals surface area contributed by atoms with E-state index in [4.69, 9.17) is 4.74 Å². The Bertz CT molecular complexity index is 414. The number of hydrogen-bond donors (Lipinski definition) is 0. The molecule has 1 heterocycles. The first kappa shape index (κ1) is 15.2. The van der Waals surface area contributed by atoms with Crippen LogP contribution in [0.25, 0.3) is 0 Å². The molecule has 20 heavy (non-hydrogen) atoms. The highest BCUT2D eigenvalue weighted by Gasteiger charge is 2.16. The second-order valence-electron chi connectivity index (χ2n) is 6.25. The average molecular weight is 274 g/mol. The highest BCUT2D eigenvalue weighted by atomic mass is 16.5. The Morgan fingerprint density at radius 2 is 2.00 bits per heavy atom. The molecule has 1 atom stereocenters. The number of rotatable bonds is 6. The number of carbonyl (C=O) groups is 1. The van der Waals surface area contributed by atoms with E-state index in [2.05, 4.69) is 26.0 Å². The summed E-state index contributed by atoms with van der Waals surface area (Å²) in [5, 5.41) is 0. The molecule has 1 aromatic carbocycles. The molecule has 1 aliphatic rings. The molecule has 0 amide bonds. The molecule has 0 bridgehead atoms. The van der Waals surface area contributed by atoms with E-state index in [1.54, 1.807) is 0 Å². The summed E-state index contributed by atoms with van der Waals surface area (Å²) in [5.41, 5.74) is 2.15. The highest BCUT2D eigenvalue weighted by Crippen LogP contribution is 2.18. The van der Waals surface area contributed by atoms with Crippen LogP contribution in [0, 0.1) is 5.92 Å². The smallest absolute Gasteiger partial charge is 0.162 e. The first-order valence-corrected chi connectivity index (χ1v) is 7.89. The third-order valence-electron chi connectivity index (χ3n) is 3.89. The molecular formula is C18H26O2. The third-order valence-corrected chi connectivity index (χ3v) is 3.89. The Morgan fingerprint density at radius 1 is 1.25 bits per heavy atom. The van der Waals surface area contributed by atoms with Crippen LogP contribution < -0.4 is 0 Å². The number of Topliss-reactive ketones (excluding diaryl/α,β-unsaturated/α-hetero) is 1.